The third-order valence-corrected chi connectivity index (χ3v) is 4.53. The Morgan fingerprint density at radius 3 is 2.29 bits per heavy atom. The second-order valence-corrected chi connectivity index (χ2v) is 8.51. The van der Waals surface area contributed by atoms with Gasteiger partial charge in [0.1, 0.15) is 11.6 Å². The minimum atomic E-state index is -1.09. The summed E-state index contributed by atoms with van der Waals surface area (Å²) >= 11 is 0. The fourth-order valence-corrected chi connectivity index (χ4v) is 2.78. The molecule has 0 heterocycles. The van der Waals surface area contributed by atoms with Gasteiger partial charge in [0.25, 0.3) is 5.91 Å². The van der Waals surface area contributed by atoms with Crippen LogP contribution in [-0.2, 0) is 20.9 Å². The van der Waals surface area contributed by atoms with Gasteiger partial charge in [-0.2, -0.15) is 0 Å². The number of rotatable bonds is 7. The monoisotopic (exact) mass is 478 g/mol. The average molecular weight is 479 g/mol. The van der Waals surface area contributed by atoms with Gasteiger partial charge in [0, 0.05) is 11.1 Å². The summed E-state index contributed by atoms with van der Waals surface area (Å²) in [5.41, 5.74) is 2.14. The highest BCUT2D eigenvalue weighted by Crippen LogP contribution is 2.08. The van der Waals surface area contributed by atoms with Crippen LogP contribution < -0.4 is 10.6 Å². The largest absolute Gasteiger partial charge is 0.467 e. The van der Waals surface area contributed by atoms with E-state index in [0.717, 1.165) is 11.1 Å². The standard InChI is InChI=1S/C27H30N2O6/c1-27(2,3)35-26(33)28-17-23(25(32)34-4)29-24(31)22-15-13-20(14-16-22)8-6-5-7-19-9-11-21(18-30)12-10-19/h5,7,9-16,23,30H,17-18H2,1-4H3,(H,28,33)(H,29,31)/b7-5+/t23-/m0/s1. The summed E-state index contributed by atoms with van der Waals surface area (Å²) < 4.78 is 9.86. The number of nitrogens with one attached hydrogen (secondary N) is 2. The van der Waals surface area contributed by atoms with Crippen LogP contribution in [0.2, 0.25) is 0 Å². The number of carbonyl (C=O) groups is 3. The molecule has 0 aromatic heterocycles. The quantitative estimate of drug-likeness (QED) is 0.416. The topological polar surface area (TPSA) is 114 Å². The second-order valence-electron chi connectivity index (χ2n) is 8.51. The van der Waals surface area contributed by atoms with Crippen molar-refractivity contribution in [3.05, 3.63) is 76.9 Å². The fraction of sp³-hybridized carbons (Fsp3) is 0.296. The molecule has 35 heavy (non-hydrogen) atoms. The summed E-state index contributed by atoms with van der Waals surface area (Å²) in [5.74, 6) is 4.71. The normalized spacial score (nSPS) is 11.7. The van der Waals surface area contributed by atoms with Gasteiger partial charge in [-0.05, 0) is 68.3 Å². The predicted octanol–water partition coefficient (Wildman–Crippen LogP) is 3.04. The Bertz CT molecular complexity index is 1100. The molecule has 3 N–H and O–H groups in total. The molecule has 2 rings (SSSR count). The van der Waals surface area contributed by atoms with Crippen molar-refractivity contribution >= 4 is 24.0 Å². The van der Waals surface area contributed by atoms with Gasteiger partial charge >= 0.3 is 12.1 Å². The first kappa shape index (κ1) is 27.2. The first-order valence-electron chi connectivity index (χ1n) is 10.9. The van der Waals surface area contributed by atoms with Crippen molar-refractivity contribution in [2.45, 2.75) is 39.0 Å². The molecule has 0 fully saturated rings. The number of aliphatic hydroxyl groups excluding tert-OH is 1. The minimum Gasteiger partial charge on any atom is -0.467 e. The SMILES string of the molecule is COC(=O)[C@H](CNC(=O)OC(C)(C)C)NC(=O)c1ccc(C#C/C=C/c2ccc(CO)cc2)cc1. The van der Waals surface area contributed by atoms with E-state index in [1.807, 2.05) is 30.3 Å². The third-order valence-electron chi connectivity index (χ3n) is 4.53. The Labute approximate surface area is 205 Å². The molecule has 0 spiro atoms. The van der Waals surface area contributed by atoms with Crippen LogP contribution in [0.25, 0.3) is 6.08 Å². The van der Waals surface area contributed by atoms with Crippen LogP contribution >= 0.6 is 0 Å². The van der Waals surface area contributed by atoms with E-state index in [4.69, 9.17) is 14.6 Å². The van der Waals surface area contributed by atoms with Gasteiger partial charge in [-0.25, -0.2) is 9.59 Å². The number of hydrogen-bond donors (Lipinski definition) is 3. The number of aliphatic hydroxyl groups is 1. The van der Waals surface area contributed by atoms with Crippen molar-refractivity contribution in [3.63, 3.8) is 0 Å². The summed E-state index contributed by atoms with van der Waals surface area (Å²) in [5, 5.41) is 14.1. The second kappa shape index (κ2) is 13.0. The number of ether oxygens (including phenoxy) is 2. The van der Waals surface area contributed by atoms with Crippen molar-refractivity contribution in [2.75, 3.05) is 13.7 Å². The Hall–Kier alpha value is -4.09. The summed E-state index contributed by atoms with van der Waals surface area (Å²) in [7, 11) is 1.20. The highest BCUT2D eigenvalue weighted by Gasteiger charge is 2.24. The Morgan fingerprint density at radius 1 is 1.06 bits per heavy atom. The Kier molecular flexibility index (Phi) is 10.1. The summed E-state index contributed by atoms with van der Waals surface area (Å²) in [6.07, 6.45) is 2.86. The molecule has 0 aliphatic carbocycles. The lowest BCUT2D eigenvalue weighted by Gasteiger charge is -2.21. The van der Waals surface area contributed by atoms with Crippen LogP contribution in [0.5, 0.6) is 0 Å². The zero-order valence-electron chi connectivity index (χ0n) is 20.3. The number of esters is 1. The molecular weight excluding hydrogens is 448 g/mol. The van der Waals surface area contributed by atoms with Gasteiger partial charge in [-0.3, -0.25) is 4.79 Å². The molecule has 2 aromatic carbocycles. The van der Waals surface area contributed by atoms with E-state index < -0.39 is 29.6 Å². The maximum Gasteiger partial charge on any atom is 0.407 e. The van der Waals surface area contributed by atoms with E-state index in [1.165, 1.54) is 7.11 Å². The maximum atomic E-state index is 12.6. The van der Waals surface area contributed by atoms with Crippen molar-refractivity contribution in [3.8, 4) is 11.8 Å². The predicted molar refractivity (Wildman–Crippen MR) is 132 cm³/mol. The van der Waals surface area contributed by atoms with Crippen LogP contribution in [0.15, 0.2) is 54.6 Å². The molecule has 8 heteroatoms. The van der Waals surface area contributed by atoms with E-state index in [0.29, 0.717) is 11.1 Å². The van der Waals surface area contributed by atoms with Gasteiger partial charge in [0.05, 0.1) is 20.3 Å². The molecule has 0 bridgehead atoms. The van der Waals surface area contributed by atoms with E-state index in [9.17, 15) is 14.4 Å². The van der Waals surface area contributed by atoms with Crippen molar-refractivity contribution in [2.24, 2.45) is 0 Å². The van der Waals surface area contributed by atoms with Crippen LogP contribution in [0.4, 0.5) is 4.79 Å². The minimum absolute atomic E-state index is 0.00410. The third kappa shape index (κ3) is 9.74. The smallest absolute Gasteiger partial charge is 0.407 e. The molecule has 2 aromatic rings. The number of alkyl carbamates (subject to hydrolysis) is 1. The summed E-state index contributed by atoms with van der Waals surface area (Å²) in [6, 6.07) is 12.9. The number of amides is 2. The molecule has 0 unspecified atom stereocenters. The molecule has 0 aliphatic rings. The lowest BCUT2D eigenvalue weighted by molar-refractivity contribution is -0.142. The summed E-state index contributed by atoms with van der Waals surface area (Å²) in [4.78, 5) is 36.5. The molecule has 1 atom stereocenters. The van der Waals surface area contributed by atoms with Crippen molar-refractivity contribution in [1.29, 1.82) is 0 Å². The van der Waals surface area contributed by atoms with Gasteiger partial charge in [0.15, 0.2) is 0 Å². The number of benzene rings is 2. The summed E-state index contributed by atoms with van der Waals surface area (Å²) in [6.45, 7) is 4.96. The number of allylic oxidation sites excluding steroid dienone is 1. The van der Waals surface area contributed by atoms with Crippen LogP contribution in [-0.4, -0.2) is 48.4 Å². The van der Waals surface area contributed by atoms with E-state index >= 15 is 0 Å². The highest BCUT2D eigenvalue weighted by atomic mass is 16.6. The lowest BCUT2D eigenvalue weighted by atomic mass is 10.1. The van der Waals surface area contributed by atoms with Crippen LogP contribution in [0, 0.1) is 11.8 Å². The van der Waals surface area contributed by atoms with Gasteiger partial charge < -0.3 is 25.2 Å². The van der Waals surface area contributed by atoms with Crippen LogP contribution in [0.1, 0.15) is 47.8 Å². The zero-order valence-corrected chi connectivity index (χ0v) is 20.3. The molecule has 184 valence electrons. The lowest BCUT2D eigenvalue weighted by Crippen LogP contribution is -2.49. The highest BCUT2D eigenvalue weighted by molar-refractivity contribution is 5.97. The van der Waals surface area contributed by atoms with Gasteiger partial charge in [-0.15, -0.1) is 0 Å². The first-order valence-corrected chi connectivity index (χ1v) is 10.9. The molecule has 0 radical (unpaired) electrons. The zero-order chi connectivity index (χ0) is 25.8. The average Bonchev–Trinajstić information content (AvgIpc) is 2.83. The van der Waals surface area contributed by atoms with Crippen molar-refractivity contribution in [1.82, 2.24) is 10.6 Å². The molecular formula is C27H30N2O6. The number of carbonyl (C=O) groups excluding carboxylic acids is 3. The van der Waals surface area contributed by atoms with Crippen molar-refractivity contribution < 1.29 is 29.0 Å². The molecule has 8 nitrogen and oxygen atoms in total. The Balaban J connectivity index is 1.96. The van der Waals surface area contributed by atoms with Crippen LogP contribution in [0.3, 0.4) is 0 Å². The maximum absolute atomic E-state index is 12.6. The Morgan fingerprint density at radius 2 is 1.71 bits per heavy atom. The number of hydrogen-bond acceptors (Lipinski definition) is 6. The molecule has 0 saturated carbocycles. The molecule has 0 saturated heterocycles. The molecule has 0 aliphatic heterocycles. The first-order chi connectivity index (χ1) is 16.6. The number of methoxy groups -OCH3 is 1. The fourth-order valence-electron chi connectivity index (χ4n) is 2.78. The molecule has 2 amide bonds. The van der Waals surface area contributed by atoms with E-state index in [-0.39, 0.29) is 13.2 Å². The van der Waals surface area contributed by atoms with E-state index in [2.05, 4.69) is 22.5 Å². The van der Waals surface area contributed by atoms with Gasteiger partial charge in [0.2, 0.25) is 0 Å². The van der Waals surface area contributed by atoms with E-state index in [1.54, 1.807) is 51.1 Å². The van der Waals surface area contributed by atoms with Gasteiger partial charge in [-0.1, -0.05) is 36.1 Å².